The van der Waals surface area contributed by atoms with Crippen LogP contribution in [0, 0.1) is 6.92 Å². The third-order valence-corrected chi connectivity index (χ3v) is 3.63. The van der Waals surface area contributed by atoms with Crippen LogP contribution in [0.2, 0.25) is 0 Å². The first-order valence-electron chi connectivity index (χ1n) is 6.12. The average molecular weight is 249 g/mol. The Kier molecular flexibility index (Phi) is 2.66. The summed E-state index contributed by atoms with van der Waals surface area (Å²) in [5, 5.41) is 12.1. The fraction of sp³-hybridized carbons (Fsp3) is 0.583. The summed E-state index contributed by atoms with van der Waals surface area (Å²) < 4.78 is 5.74. The number of hydrogen-bond donors (Lipinski definition) is 2. The van der Waals surface area contributed by atoms with Gasteiger partial charge in [-0.25, -0.2) is 14.8 Å². The summed E-state index contributed by atoms with van der Waals surface area (Å²) in [6.45, 7) is 1.67. The summed E-state index contributed by atoms with van der Waals surface area (Å²) in [6.07, 6.45) is 5.16. The number of carboxylic acids is 1. The van der Waals surface area contributed by atoms with E-state index in [4.69, 9.17) is 9.84 Å². The Bertz CT molecular complexity index is 491. The molecule has 2 saturated heterocycles. The highest BCUT2D eigenvalue weighted by molar-refractivity contribution is 5.88. The van der Waals surface area contributed by atoms with E-state index in [9.17, 15) is 4.79 Å². The summed E-state index contributed by atoms with van der Waals surface area (Å²) in [5.74, 6) is -0.513. The Morgan fingerprint density at radius 1 is 1.56 bits per heavy atom. The second-order valence-corrected chi connectivity index (χ2v) is 4.86. The molecule has 1 aromatic heterocycles. The maximum Gasteiger partial charge on any atom is 0.339 e. The van der Waals surface area contributed by atoms with Gasteiger partial charge in [-0.1, -0.05) is 0 Å². The molecule has 3 rings (SSSR count). The van der Waals surface area contributed by atoms with Crippen LogP contribution in [0.15, 0.2) is 6.20 Å². The lowest BCUT2D eigenvalue weighted by Gasteiger charge is -2.20. The molecule has 2 bridgehead atoms. The smallest absolute Gasteiger partial charge is 0.339 e. The lowest BCUT2D eigenvalue weighted by atomic mass is 9.96. The molecule has 3 atom stereocenters. The van der Waals surface area contributed by atoms with Crippen LogP contribution in [-0.4, -0.2) is 39.3 Å². The number of anilines is 1. The minimum atomic E-state index is -0.998. The summed E-state index contributed by atoms with van der Waals surface area (Å²) >= 11 is 0. The van der Waals surface area contributed by atoms with Crippen molar-refractivity contribution in [3.63, 3.8) is 0 Å². The number of nitrogens with one attached hydrogen (secondary N) is 1. The number of fused-ring (bicyclic) bond motifs is 2. The van der Waals surface area contributed by atoms with E-state index in [1.807, 2.05) is 0 Å². The van der Waals surface area contributed by atoms with Gasteiger partial charge in [0.05, 0.1) is 29.5 Å². The first kappa shape index (κ1) is 11.4. The molecule has 2 fully saturated rings. The zero-order chi connectivity index (χ0) is 12.7. The number of aromatic carboxylic acids is 1. The van der Waals surface area contributed by atoms with E-state index in [1.165, 1.54) is 6.20 Å². The summed E-state index contributed by atoms with van der Waals surface area (Å²) in [6, 6.07) is 0.249. The Balaban J connectivity index is 1.74. The molecule has 96 valence electrons. The molecule has 0 spiro atoms. The van der Waals surface area contributed by atoms with Crippen LogP contribution < -0.4 is 5.32 Å². The lowest BCUT2D eigenvalue weighted by molar-refractivity contribution is 0.0695. The van der Waals surface area contributed by atoms with Crippen LogP contribution in [0.3, 0.4) is 0 Å². The maximum atomic E-state index is 10.9. The van der Waals surface area contributed by atoms with E-state index in [2.05, 4.69) is 15.3 Å². The standard InChI is InChI=1S/C12H15N3O3/c1-6-8(11(16)17)5-13-12(14-6)15-9-4-7-2-3-10(9)18-7/h5,7,9-10H,2-4H2,1H3,(H,16,17)(H,13,14,15). The highest BCUT2D eigenvalue weighted by Gasteiger charge is 2.41. The van der Waals surface area contributed by atoms with Crippen LogP contribution in [-0.2, 0) is 4.74 Å². The van der Waals surface area contributed by atoms with Gasteiger partial charge in [0, 0.05) is 6.20 Å². The van der Waals surface area contributed by atoms with Gasteiger partial charge in [-0.15, -0.1) is 0 Å². The second kappa shape index (κ2) is 4.20. The van der Waals surface area contributed by atoms with Crippen LogP contribution in [0.4, 0.5) is 5.95 Å². The number of aromatic nitrogens is 2. The number of aryl methyl sites for hydroxylation is 1. The van der Waals surface area contributed by atoms with Gasteiger partial charge in [-0.3, -0.25) is 0 Å². The van der Waals surface area contributed by atoms with E-state index in [0.717, 1.165) is 19.3 Å². The number of carboxylic acid groups (broad SMARTS) is 1. The molecule has 0 amide bonds. The summed E-state index contributed by atoms with van der Waals surface area (Å²) in [4.78, 5) is 19.1. The van der Waals surface area contributed by atoms with Gasteiger partial charge in [0.25, 0.3) is 0 Å². The van der Waals surface area contributed by atoms with E-state index >= 15 is 0 Å². The van der Waals surface area contributed by atoms with Crippen molar-refractivity contribution in [3.8, 4) is 0 Å². The third kappa shape index (κ3) is 1.92. The summed E-state index contributed by atoms with van der Waals surface area (Å²) in [7, 11) is 0. The van der Waals surface area contributed by atoms with Crippen molar-refractivity contribution in [2.24, 2.45) is 0 Å². The van der Waals surface area contributed by atoms with Gasteiger partial charge < -0.3 is 15.2 Å². The average Bonchev–Trinajstić information content (AvgIpc) is 2.90. The molecular weight excluding hydrogens is 234 g/mol. The van der Waals surface area contributed by atoms with Gasteiger partial charge in [-0.2, -0.15) is 0 Å². The van der Waals surface area contributed by atoms with E-state index in [0.29, 0.717) is 17.7 Å². The van der Waals surface area contributed by atoms with E-state index in [1.54, 1.807) is 6.92 Å². The highest BCUT2D eigenvalue weighted by Crippen LogP contribution is 2.35. The Morgan fingerprint density at radius 3 is 2.94 bits per heavy atom. The first-order valence-corrected chi connectivity index (χ1v) is 6.12. The van der Waals surface area contributed by atoms with Gasteiger partial charge >= 0.3 is 5.97 Å². The van der Waals surface area contributed by atoms with Crippen molar-refractivity contribution in [2.75, 3.05) is 5.32 Å². The molecule has 6 heteroatoms. The third-order valence-electron chi connectivity index (χ3n) is 3.63. The van der Waals surface area contributed by atoms with Crippen LogP contribution >= 0.6 is 0 Å². The van der Waals surface area contributed by atoms with Crippen molar-refractivity contribution in [3.05, 3.63) is 17.5 Å². The highest BCUT2D eigenvalue weighted by atomic mass is 16.5. The predicted octanol–water partition coefficient (Wildman–Crippen LogP) is 1.22. The number of rotatable bonds is 3. The molecule has 2 N–H and O–H groups in total. The van der Waals surface area contributed by atoms with E-state index < -0.39 is 5.97 Å². The molecule has 6 nitrogen and oxygen atoms in total. The molecule has 18 heavy (non-hydrogen) atoms. The SMILES string of the molecule is Cc1nc(NC2CC3CCC2O3)ncc1C(=O)O. The molecule has 1 aromatic rings. The second-order valence-electron chi connectivity index (χ2n) is 4.86. The van der Waals surface area contributed by atoms with Crippen molar-refractivity contribution >= 4 is 11.9 Å². The molecule has 0 aromatic carbocycles. The predicted molar refractivity (Wildman–Crippen MR) is 63.7 cm³/mol. The molecule has 0 aliphatic carbocycles. The molecular formula is C12H15N3O3. The molecule has 0 saturated carbocycles. The van der Waals surface area contributed by atoms with Crippen molar-refractivity contribution in [1.29, 1.82) is 0 Å². The zero-order valence-electron chi connectivity index (χ0n) is 10.1. The van der Waals surface area contributed by atoms with Crippen LogP contribution in [0.1, 0.15) is 35.3 Å². The Labute approximate surface area is 104 Å². The minimum Gasteiger partial charge on any atom is -0.478 e. The van der Waals surface area contributed by atoms with Crippen LogP contribution in [0.25, 0.3) is 0 Å². The van der Waals surface area contributed by atoms with Crippen LogP contribution in [0.5, 0.6) is 0 Å². The fourth-order valence-corrected chi connectivity index (χ4v) is 2.70. The monoisotopic (exact) mass is 249 g/mol. The van der Waals surface area contributed by atoms with Crippen molar-refractivity contribution in [2.45, 2.75) is 44.4 Å². The molecule has 3 heterocycles. The first-order chi connectivity index (χ1) is 8.63. The fourth-order valence-electron chi connectivity index (χ4n) is 2.70. The molecule has 3 unspecified atom stereocenters. The topological polar surface area (TPSA) is 84.3 Å². The summed E-state index contributed by atoms with van der Waals surface area (Å²) in [5.41, 5.74) is 0.619. The number of hydrogen-bond acceptors (Lipinski definition) is 5. The quantitative estimate of drug-likeness (QED) is 0.837. The lowest BCUT2D eigenvalue weighted by Crippen LogP contribution is -2.31. The van der Waals surface area contributed by atoms with Crippen molar-refractivity contribution < 1.29 is 14.6 Å². The number of ether oxygens (including phenoxy) is 1. The van der Waals surface area contributed by atoms with Crippen molar-refractivity contribution in [1.82, 2.24) is 9.97 Å². The Hall–Kier alpha value is -1.69. The minimum absolute atomic E-state index is 0.143. The van der Waals surface area contributed by atoms with Gasteiger partial charge in [0.2, 0.25) is 5.95 Å². The number of carbonyl (C=O) groups is 1. The van der Waals surface area contributed by atoms with Gasteiger partial charge in [0.15, 0.2) is 0 Å². The molecule has 0 radical (unpaired) electrons. The maximum absolute atomic E-state index is 10.9. The zero-order valence-corrected chi connectivity index (χ0v) is 10.1. The molecule has 2 aliphatic rings. The van der Waals surface area contributed by atoms with Gasteiger partial charge in [0.1, 0.15) is 0 Å². The molecule has 2 aliphatic heterocycles. The number of nitrogens with zero attached hydrogens (tertiary/aromatic N) is 2. The van der Waals surface area contributed by atoms with E-state index in [-0.39, 0.29) is 17.7 Å². The normalized spacial score (nSPS) is 29.5. The Morgan fingerprint density at radius 2 is 2.39 bits per heavy atom. The largest absolute Gasteiger partial charge is 0.478 e. The van der Waals surface area contributed by atoms with Gasteiger partial charge in [-0.05, 0) is 26.2 Å².